The molecule has 0 N–H and O–H groups in total. The molecular formula is C17H25NO2. The van der Waals surface area contributed by atoms with Gasteiger partial charge in [-0.3, -0.25) is 9.63 Å². The van der Waals surface area contributed by atoms with Crippen LogP contribution in [0.5, 0.6) is 0 Å². The number of hydroxylamine groups is 2. The maximum absolute atomic E-state index is 12.1. The van der Waals surface area contributed by atoms with Gasteiger partial charge in [-0.05, 0) is 18.4 Å². The number of benzene rings is 1. The largest absolute Gasteiger partial charge is 0.272 e. The zero-order valence-corrected chi connectivity index (χ0v) is 12.5. The van der Waals surface area contributed by atoms with Crippen molar-refractivity contribution in [3.8, 4) is 0 Å². The summed E-state index contributed by atoms with van der Waals surface area (Å²) in [4.78, 5) is 17.8. The van der Waals surface area contributed by atoms with Crippen LogP contribution in [0.3, 0.4) is 0 Å². The van der Waals surface area contributed by atoms with Crippen molar-refractivity contribution in [2.45, 2.75) is 58.6 Å². The number of hydrogen-bond donors (Lipinski definition) is 0. The van der Waals surface area contributed by atoms with E-state index >= 15 is 0 Å². The maximum atomic E-state index is 12.1. The first-order valence-electron chi connectivity index (χ1n) is 7.77. The summed E-state index contributed by atoms with van der Waals surface area (Å²) in [6.45, 7) is 4.79. The van der Waals surface area contributed by atoms with Crippen LogP contribution in [0.25, 0.3) is 0 Å². The third kappa shape index (κ3) is 3.40. The fourth-order valence-electron chi connectivity index (χ4n) is 2.83. The number of rotatable bonds is 8. The molecule has 0 spiro atoms. The van der Waals surface area contributed by atoms with Crippen LogP contribution in [-0.4, -0.2) is 17.0 Å². The molecule has 0 bridgehead atoms. The molecule has 0 unspecified atom stereocenters. The number of β-lactam (4-membered cyclic amide) rings is 1. The lowest BCUT2D eigenvalue weighted by atomic mass is 9.83. The van der Waals surface area contributed by atoms with E-state index < -0.39 is 0 Å². The van der Waals surface area contributed by atoms with Gasteiger partial charge in [0.1, 0.15) is 6.61 Å². The molecule has 1 aromatic carbocycles. The van der Waals surface area contributed by atoms with Crippen LogP contribution in [0, 0.1) is 5.92 Å². The third-order valence-corrected chi connectivity index (χ3v) is 4.05. The minimum Gasteiger partial charge on any atom is -0.272 e. The monoisotopic (exact) mass is 275 g/mol. The second-order valence-corrected chi connectivity index (χ2v) is 5.50. The SMILES string of the molecule is CCCCC[C@H]1C(=O)N(OCc2ccccc2)[C@@H]1CC. The van der Waals surface area contributed by atoms with Crippen LogP contribution in [0.4, 0.5) is 0 Å². The van der Waals surface area contributed by atoms with E-state index in [2.05, 4.69) is 13.8 Å². The van der Waals surface area contributed by atoms with E-state index in [0.717, 1.165) is 24.8 Å². The zero-order chi connectivity index (χ0) is 14.4. The molecule has 0 aliphatic carbocycles. The standard InChI is InChI=1S/C17H25NO2/c1-3-5-7-12-15-16(4-2)18(17(15)19)20-13-14-10-8-6-9-11-14/h6,8-11,15-16H,3-5,7,12-13H2,1-2H3/t15-,16-/m1/s1. The minimum atomic E-state index is 0.170. The smallest absolute Gasteiger partial charge is 0.251 e. The molecule has 2 rings (SSSR count). The van der Waals surface area contributed by atoms with Gasteiger partial charge in [0.2, 0.25) is 0 Å². The van der Waals surface area contributed by atoms with E-state index in [0.29, 0.717) is 6.61 Å². The van der Waals surface area contributed by atoms with Crippen molar-refractivity contribution < 1.29 is 9.63 Å². The van der Waals surface area contributed by atoms with Crippen molar-refractivity contribution in [1.82, 2.24) is 5.06 Å². The third-order valence-electron chi connectivity index (χ3n) is 4.05. The summed E-state index contributed by atoms with van der Waals surface area (Å²) in [5.41, 5.74) is 1.10. The Bertz CT molecular complexity index is 418. The first-order valence-corrected chi connectivity index (χ1v) is 7.77. The van der Waals surface area contributed by atoms with Crippen molar-refractivity contribution >= 4 is 5.91 Å². The average Bonchev–Trinajstić information content (AvgIpc) is 2.49. The molecule has 3 heteroatoms. The van der Waals surface area contributed by atoms with Gasteiger partial charge in [0.25, 0.3) is 5.91 Å². The molecule has 3 nitrogen and oxygen atoms in total. The van der Waals surface area contributed by atoms with Crippen LogP contribution in [-0.2, 0) is 16.2 Å². The minimum absolute atomic E-state index is 0.170. The summed E-state index contributed by atoms with van der Waals surface area (Å²) >= 11 is 0. The Morgan fingerprint density at radius 2 is 1.90 bits per heavy atom. The van der Waals surface area contributed by atoms with Crippen LogP contribution < -0.4 is 0 Å². The van der Waals surface area contributed by atoms with Crippen molar-refractivity contribution in [2.75, 3.05) is 0 Å². The lowest BCUT2D eigenvalue weighted by Crippen LogP contribution is -2.60. The second-order valence-electron chi connectivity index (χ2n) is 5.50. The molecule has 20 heavy (non-hydrogen) atoms. The summed E-state index contributed by atoms with van der Waals surface area (Å²) in [6, 6.07) is 10.3. The maximum Gasteiger partial charge on any atom is 0.251 e. The Hall–Kier alpha value is -1.35. The predicted molar refractivity (Wildman–Crippen MR) is 79.8 cm³/mol. The molecule has 1 saturated heterocycles. The number of amides is 1. The Morgan fingerprint density at radius 1 is 1.15 bits per heavy atom. The quantitative estimate of drug-likeness (QED) is 0.531. The van der Waals surface area contributed by atoms with Crippen molar-refractivity contribution in [1.29, 1.82) is 0 Å². The molecule has 1 fully saturated rings. The topological polar surface area (TPSA) is 29.5 Å². The summed E-state index contributed by atoms with van der Waals surface area (Å²) in [5, 5.41) is 1.60. The Labute approximate surface area is 121 Å². The van der Waals surface area contributed by atoms with Gasteiger partial charge < -0.3 is 0 Å². The normalized spacial score (nSPS) is 21.9. The molecule has 1 heterocycles. The molecule has 1 aliphatic heterocycles. The second kappa shape index (κ2) is 7.44. The molecular weight excluding hydrogens is 250 g/mol. The van der Waals surface area contributed by atoms with Gasteiger partial charge in [-0.2, -0.15) is 0 Å². The highest BCUT2D eigenvalue weighted by Crippen LogP contribution is 2.33. The van der Waals surface area contributed by atoms with Crippen molar-refractivity contribution in [3.63, 3.8) is 0 Å². The Kier molecular flexibility index (Phi) is 5.60. The first kappa shape index (κ1) is 15.0. The fraction of sp³-hybridized carbons (Fsp3) is 0.588. The molecule has 1 aromatic rings. The molecule has 1 amide bonds. The molecule has 2 atom stereocenters. The summed E-state index contributed by atoms with van der Waals surface area (Å²) in [5.74, 6) is 0.353. The van der Waals surface area contributed by atoms with Crippen LogP contribution in [0.2, 0.25) is 0 Å². The van der Waals surface area contributed by atoms with E-state index in [1.54, 1.807) is 5.06 Å². The van der Waals surface area contributed by atoms with Gasteiger partial charge in [0.05, 0.1) is 12.0 Å². The van der Waals surface area contributed by atoms with Gasteiger partial charge in [-0.15, -0.1) is 0 Å². The Balaban J connectivity index is 1.82. The molecule has 110 valence electrons. The number of hydrogen-bond acceptors (Lipinski definition) is 2. The van der Waals surface area contributed by atoms with Crippen LogP contribution >= 0.6 is 0 Å². The number of nitrogens with zero attached hydrogens (tertiary/aromatic N) is 1. The molecule has 0 radical (unpaired) electrons. The highest BCUT2D eigenvalue weighted by atomic mass is 16.7. The first-order chi connectivity index (χ1) is 9.77. The van der Waals surface area contributed by atoms with Gasteiger partial charge >= 0.3 is 0 Å². The van der Waals surface area contributed by atoms with Gasteiger partial charge in [0.15, 0.2) is 0 Å². The van der Waals surface area contributed by atoms with E-state index in [1.807, 2.05) is 30.3 Å². The van der Waals surface area contributed by atoms with Gasteiger partial charge in [0, 0.05) is 0 Å². The molecule has 1 aliphatic rings. The highest BCUT2D eigenvalue weighted by Gasteiger charge is 2.46. The lowest BCUT2D eigenvalue weighted by molar-refractivity contribution is -0.249. The highest BCUT2D eigenvalue weighted by molar-refractivity contribution is 5.84. The van der Waals surface area contributed by atoms with Crippen LogP contribution in [0.15, 0.2) is 30.3 Å². The van der Waals surface area contributed by atoms with Gasteiger partial charge in [-0.1, -0.05) is 63.4 Å². The van der Waals surface area contributed by atoms with E-state index in [4.69, 9.17) is 4.84 Å². The van der Waals surface area contributed by atoms with Crippen molar-refractivity contribution in [2.24, 2.45) is 5.92 Å². The molecule has 0 aromatic heterocycles. The zero-order valence-electron chi connectivity index (χ0n) is 12.5. The number of carbonyl (C=O) groups is 1. The van der Waals surface area contributed by atoms with Crippen LogP contribution in [0.1, 0.15) is 51.5 Å². The van der Waals surface area contributed by atoms with Crippen molar-refractivity contribution in [3.05, 3.63) is 35.9 Å². The summed E-state index contributed by atoms with van der Waals surface area (Å²) < 4.78 is 0. The van der Waals surface area contributed by atoms with E-state index in [1.165, 1.54) is 12.8 Å². The van der Waals surface area contributed by atoms with E-state index in [-0.39, 0.29) is 17.9 Å². The lowest BCUT2D eigenvalue weighted by Gasteiger charge is -2.45. The average molecular weight is 275 g/mol. The predicted octanol–water partition coefficient (Wildman–Crippen LogP) is 3.94. The summed E-state index contributed by atoms with van der Waals surface area (Å²) in [7, 11) is 0. The Morgan fingerprint density at radius 3 is 2.55 bits per heavy atom. The summed E-state index contributed by atoms with van der Waals surface area (Å²) in [6.07, 6.45) is 5.54. The van der Waals surface area contributed by atoms with Gasteiger partial charge in [-0.25, -0.2) is 5.06 Å². The molecule has 0 saturated carbocycles. The number of carbonyl (C=O) groups excluding carboxylic acids is 1. The van der Waals surface area contributed by atoms with E-state index in [9.17, 15) is 4.79 Å². The number of unbranched alkanes of at least 4 members (excludes halogenated alkanes) is 2. The fourth-order valence-corrected chi connectivity index (χ4v) is 2.83.